The van der Waals surface area contributed by atoms with E-state index in [1.54, 1.807) is 43.3 Å². The molecule has 136 valence electrons. The summed E-state index contributed by atoms with van der Waals surface area (Å²) in [5.41, 5.74) is 0.778. The molecule has 0 bridgehead atoms. The van der Waals surface area contributed by atoms with Gasteiger partial charge in [0.1, 0.15) is 18.4 Å². The highest BCUT2D eigenvalue weighted by molar-refractivity contribution is 7.90. The molecular formula is C16H22N4O4S. The SMILES string of the molecule is CNC(C(=O)NCCOc1ccc(S(C)(=O)=O)cc1)c1cnn(C)c1. The van der Waals surface area contributed by atoms with E-state index in [4.69, 9.17) is 4.74 Å². The number of carbonyl (C=O) groups excluding carboxylic acids is 1. The molecule has 1 amide bonds. The first-order chi connectivity index (χ1) is 11.8. The van der Waals surface area contributed by atoms with Crippen molar-refractivity contribution in [2.45, 2.75) is 10.9 Å². The van der Waals surface area contributed by atoms with Crippen LogP contribution in [-0.4, -0.2) is 50.6 Å². The first kappa shape index (κ1) is 18.9. The monoisotopic (exact) mass is 366 g/mol. The third-order valence-corrected chi connectivity index (χ3v) is 4.66. The molecule has 9 heteroatoms. The van der Waals surface area contributed by atoms with Crippen LogP contribution in [0.5, 0.6) is 5.75 Å². The fraction of sp³-hybridized carbons (Fsp3) is 0.375. The first-order valence-electron chi connectivity index (χ1n) is 7.67. The Morgan fingerprint density at radius 1 is 1.32 bits per heavy atom. The molecule has 0 saturated heterocycles. The quantitative estimate of drug-likeness (QED) is 0.651. The molecule has 1 unspecified atom stereocenters. The Hall–Kier alpha value is -2.39. The molecule has 0 spiro atoms. The normalized spacial score (nSPS) is 12.6. The van der Waals surface area contributed by atoms with Crippen LogP contribution in [0.4, 0.5) is 0 Å². The summed E-state index contributed by atoms with van der Waals surface area (Å²) in [6.45, 7) is 0.596. The number of carbonyl (C=O) groups is 1. The summed E-state index contributed by atoms with van der Waals surface area (Å²) in [6, 6.07) is 5.67. The lowest BCUT2D eigenvalue weighted by atomic mass is 10.1. The molecule has 0 saturated carbocycles. The van der Waals surface area contributed by atoms with Crippen LogP contribution in [0, 0.1) is 0 Å². The lowest BCUT2D eigenvalue weighted by Gasteiger charge is -2.14. The number of nitrogens with one attached hydrogen (secondary N) is 2. The Morgan fingerprint density at radius 3 is 2.52 bits per heavy atom. The van der Waals surface area contributed by atoms with Gasteiger partial charge >= 0.3 is 0 Å². The molecule has 1 atom stereocenters. The molecule has 0 aliphatic carbocycles. The second-order valence-electron chi connectivity index (χ2n) is 5.55. The number of rotatable bonds is 8. The number of nitrogens with zero attached hydrogens (tertiary/aromatic N) is 2. The summed E-state index contributed by atoms with van der Waals surface area (Å²) >= 11 is 0. The van der Waals surface area contributed by atoms with Crippen LogP contribution in [0.25, 0.3) is 0 Å². The highest BCUT2D eigenvalue weighted by Crippen LogP contribution is 2.15. The zero-order valence-corrected chi connectivity index (χ0v) is 15.2. The summed E-state index contributed by atoms with van der Waals surface area (Å²) in [5.74, 6) is 0.366. The van der Waals surface area contributed by atoms with Crippen LogP contribution in [0.1, 0.15) is 11.6 Å². The third kappa shape index (κ3) is 5.30. The van der Waals surface area contributed by atoms with Gasteiger partial charge in [0.05, 0.1) is 17.6 Å². The van der Waals surface area contributed by atoms with Gasteiger partial charge in [-0.05, 0) is 31.3 Å². The van der Waals surface area contributed by atoms with Crippen molar-refractivity contribution in [2.75, 3.05) is 26.5 Å². The third-order valence-electron chi connectivity index (χ3n) is 3.53. The maximum absolute atomic E-state index is 12.2. The van der Waals surface area contributed by atoms with Crippen LogP contribution < -0.4 is 15.4 Å². The minimum absolute atomic E-state index is 0.175. The number of hydrogen-bond acceptors (Lipinski definition) is 6. The second kappa shape index (κ2) is 8.13. The van der Waals surface area contributed by atoms with Crippen molar-refractivity contribution in [1.82, 2.24) is 20.4 Å². The summed E-state index contributed by atoms with van der Waals surface area (Å²) in [5, 5.41) is 9.79. The molecule has 0 aliphatic heterocycles. The van der Waals surface area contributed by atoms with E-state index in [0.29, 0.717) is 12.3 Å². The Labute approximate surface area is 147 Å². The van der Waals surface area contributed by atoms with Crippen LogP contribution in [0.2, 0.25) is 0 Å². The van der Waals surface area contributed by atoms with E-state index in [0.717, 1.165) is 11.8 Å². The van der Waals surface area contributed by atoms with Crippen molar-refractivity contribution >= 4 is 15.7 Å². The van der Waals surface area contributed by atoms with Crippen LogP contribution in [0.3, 0.4) is 0 Å². The van der Waals surface area contributed by atoms with Crippen molar-refractivity contribution in [3.05, 3.63) is 42.2 Å². The lowest BCUT2D eigenvalue weighted by molar-refractivity contribution is -0.123. The van der Waals surface area contributed by atoms with Gasteiger partial charge in [-0.15, -0.1) is 0 Å². The molecule has 2 aromatic rings. The van der Waals surface area contributed by atoms with Crippen molar-refractivity contribution in [3.63, 3.8) is 0 Å². The first-order valence-corrected chi connectivity index (χ1v) is 9.57. The molecule has 25 heavy (non-hydrogen) atoms. The van der Waals surface area contributed by atoms with Gasteiger partial charge in [0.2, 0.25) is 5.91 Å². The van der Waals surface area contributed by atoms with Crippen molar-refractivity contribution in [3.8, 4) is 5.75 Å². The molecule has 1 aromatic heterocycles. The van der Waals surface area contributed by atoms with E-state index < -0.39 is 15.9 Å². The number of ether oxygens (including phenoxy) is 1. The van der Waals surface area contributed by atoms with Gasteiger partial charge in [-0.2, -0.15) is 5.10 Å². The second-order valence-corrected chi connectivity index (χ2v) is 7.57. The minimum Gasteiger partial charge on any atom is -0.492 e. The maximum Gasteiger partial charge on any atom is 0.241 e. The number of hydrogen-bond donors (Lipinski definition) is 2. The number of likely N-dealkylation sites (N-methyl/N-ethyl adjacent to an activating group) is 1. The Balaban J connectivity index is 1.81. The van der Waals surface area contributed by atoms with Crippen LogP contribution >= 0.6 is 0 Å². The smallest absolute Gasteiger partial charge is 0.241 e. The molecule has 0 radical (unpaired) electrons. The standard InChI is InChI=1S/C16H22N4O4S/c1-17-15(12-10-19-20(2)11-12)16(21)18-8-9-24-13-4-6-14(7-5-13)25(3,22)23/h4-7,10-11,15,17H,8-9H2,1-3H3,(H,18,21). The fourth-order valence-corrected chi connectivity index (χ4v) is 2.90. The molecule has 1 aromatic carbocycles. The molecule has 8 nitrogen and oxygen atoms in total. The zero-order chi connectivity index (χ0) is 18.4. The minimum atomic E-state index is -3.22. The number of amides is 1. The number of aryl methyl sites for hydroxylation is 1. The summed E-state index contributed by atoms with van der Waals surface area (Å²) < 4.78 is 29.9. The Bertz CT molecular complexity index is 815. The molecule has 0 aliphatic rings. The predicted molar refractivity (Wildman–Crippen MR) is 93.1 cm³/mol. The van der Waals surface area contributed by atoms with E-state index in [2.05, 4.69) is 15.7 Å². The van der Waals surface area contributed by atoms with Crippen LogP contribution in [0.15, 0.2) is 41.6 Å². The zero-order valence-electron chi connectivity index (χ0n) is 14.4. The highest BCUT2D eigenvalue weighted by Gasteiger charge is 2.19. The van der Waals surface area contributed by atoms with Crippen molar-refractivity contribution in [1.29, 1.82) is 0 Å². The average molecular weight is 366 g/mol. The van der Waals surface area contributed by atoms with Crippen molar-refractivity contribution < 1.29 is 17.9 Å². The molecule has 2 N–H and O–H groups in total. The number of sulfone groups is 1. The highest BCUT2D eigenvalue weighted by atomic mass is 32.2. The van der Waals surface area contributed by atoms with E-state index in [9.17, 15) is 13.2 Å². The Kier molecular flexibility index (Phi) is 6.16. The van der Waals surface area contributed by atoms with E-state index in [1.807, 2.05) is 0 Å². The molecule has 1 heterocycles. The molecular weight excluding hydrogens is 344 g/mol. The number of benzene rings is 1. The number of aromatic nitrogens is 2. The van der Waals surface area contributed by atoms with Gasteiger partial charge in [-0.25, -0.2) is 8.42 Å². The van der Waals surface area contributed by atoms with Gasteiger partial charge in [-0.1, -0.05) is 0 Å². The fourth-order valence-electron chi connectivity index (χ4n) is 2.27. The van der Waals surface area contributed by atoms with E-state index in [1.165, 1.54) is 12.1 Å². The summed E-state index contributed by atoms with van der Waals surface area (Å²) in [4.78, 5) is 12.5. The topological polar surface area (TPSA) is 102 Å². The van der Waals surface area contributed by atoms with Gasteiger partial charge in [0.25, 0.3) is 0 Å². The Morgan fingerprint density at radius 2 is 2.00 bits per heavy atom. The van der Waals surface area contributed by atoms with Gasteiger partial charge in [0, 0.05) is 25.1 Å². The molecule has 2 rings (SSSR count). The van der Waals surface area contributed by atoms with Gasteiger partial charge in [0.15, 0.2) is 9.84 Å². The maximum atomic E-state index is 12.2. The lowest BCUT2D eigenvalue weighted by Crippen LogP contribution is -2.37. The van der Waals surface area contributed by atoms with Crippen molar-refractivity contribution in [2.24, 2.45) is 7.05 Å². The molecule has 0 fully saturated rings. The van der Waals surface area contributed by atoms with Gasteiger partial charge in [-0.3, -0.25) is 9.48 Å². The van der Waals surface area contributed by atoms with E-state index in [-0.39, 0.29) is 17.4 Å². The largest absolute Gasteiger partial charge is 0.492 e. The summed E-state index contributed by atoms with van der Waals surface area (Å²) in [7, 11) is 0.275. The summed E-state index contributed by atoms with van der Waals surface area (Å²) in [6.07, 6.45) is 4.57. The average Bonchev–Trinajstić information content (AvgIpc) is 2.98. The predicted octanol–water partition coefficient (Wildman–Crippen LogP) is 0.279. The van der Waals surface area contributed by atoms with Crippen LogP contribution in [-0.2, 0) is 21.7 Å². The van der Waals surface area contributed by atoms with E-state index >= 15 is 0 Å². The van der Waals surface area contributed by atoms with Gasteiger partial charge < -0.3 is 15.4 Å².